The molecule has 170 valence electrons. The lowest BCUT2D eigenvalue weighted by atomic mass is 10.1. The molecule has 2 N–H and O–H groups in total. The van der Waals surface area contributed by atoms with Crippen LogP contribution in [0.5, 0.6) is 11.5 Å². The minimum Gasteiger partial charge on any atom is -0.497 e. The standard InChI is InChI=1S/C22H22N6O4S/c1-3-32-17-10-6-15(7-11-17)23-19(29)13-33-22-26-25-21-24-20(30)18(27-28(21)22)12-14-4-8-16(31-2)9-5-14/h4-11H,3,12-13H2,1-2H3,(H,23,29)(H,24,25,30). The summed E-state index contributed by atoms with van der Waals surface area (Å²) in [5.41, 5.74) is 1.55. The maximum atomic E-state index is 12.4. The third-order valence-electron chi connectivity index (χ3n) is 4.63. The zero-order valence-electron chi connectivity index (χ0n) is 18.1. The van der Waals surface area contributed by atoms with Gasteiger partial charge < -0.3 is 14.8 Å². The van der Waals surface area contributed by atoms with E-state index >= 15 is 0 Å². The van der Waals surface area contributed by atoms with Gasteiger partial charge in [-0.2, -0.15) is 9.61 Å². The van der Waals surface area contributed by atoms with Gasteiger partial charge in [0.15, 0.2) is 0 Å². The number of methoxy groups -OCH3 is 1. The molecule has 0 fully saturated rings. The Balaban J connectivity index is 1.43. The highest BCUT2D eigenvalue weighted by Gasteiger charge is 2.14. The number of benzene rings is 2. The number of carbonyl (C=O) groups is 1. The van der Waals surface area contributed by atoms with Gasteiger partial charge >= 0.3 is 0 Å². The highest BCUT2D eigenvalue weighted by Crippen LogP contribution is 2.18. The van der Waals surface area contributed by atoms with Crippen LogP contribution in [-0.2, 0) is 11.2 Å². The highest BCUT2D eigenvalue weighted by atomic mass is 32.2. The van der Waals surface area contributed by atoms with Crippen molar-refractivity contribution in [1.82, 2.24) is 24.8 Å². The normalized spacial score (nSPS) is 10.8. The maximum absolute atomic E-state index is 12.4. The molecule has 0 spiro atoms. The number of hydrogen-bond acceptors (Lipinski definition) is 8. The number of H-pyrrole nitrogens is 1. The molecule has 33 heavy (non-hydrogen) atoms. The molecule has 4 rings (SSSR count). The molecule has 1 amide bonds. The number of aromatic amines is 1. The van der Waals surface area contributed by atoms with Crippen LogP contribution in [0, 0.1) is 0 Å². The molecule has 2 aromatic carbocycles. The van der Waals surface area contributed by atoms with E-state index in [1.807, 2.05) is 31.2 Å². The number of carbonyl (C=O) groups excluding carboxylic acids is 1. The lowest BCUT2D eigenvalue weighted by Crippen LogP contribution is -2.19. The molecule has 2 heterocycles. The van der Waals surface area contributed by atoms with Crippen LogP contribution in [-0.4, -0.2) is 50.2 Å². The van der Waals surface area contributed by atoms with E-state index in [1.165, 1.54) is 16.3 Å². The summed E-state index contributed by atoms with van der Waals surface area (Å²) in [6.45, 7) is 2.49. The fourth-order valence-electron chi connectivity index (χ4n) is 3.04. The smallest absolute Gasteiger partial charge is 0.274 e. The fraction of sp³-hybridized carbons (Fsp3) is 0.227. The molecule has 0 aliphatic rings. The summed E-state index contributed by atoms with van der Waals surface area (Å²) in [5, 5.41) is 15.6. The van der Waals surface area contributed by atoms with Gasteiger partial charge in [-0.3, -0.25) is 14.6 Å². The van der Waals surface area contributed by atoms with Crippen molar-refractivity contribution in [2.75, 3.05) is 24.8 Å². The lowest BCUT2D eigenvalue weighted by molar-refractivity contribution is -0.113. The van der Waals surface area contributed by atoms with E-state index in [4.69, 9.17) is 9.47 Å². The zero-order chi connectivity index (χ0) is 23.2. The summed E-state index contributed by atoms with van der Waals surface area (Å²) < 4.78 is 12.0. The molecule has 0 atom stereocenters. The molecule has 4 aromatic rings. The summed E-state index contributed by atoms with van der Waals surface area (Å²) in [5.74, 6) is 1.59. The first kappa shape index (κ1) is 22.3. The number of amides is 1. The Morgan fingerprint density at radius 2 is 1.82 bits per heavy atom. The Morgan fingerprint density at radius 3 is 2.52 bits per heavy atom. The second-order valence-corrected chi connectivity index (χ2v) is 7.88. The molecule has 10 nitrogen and oxygen atoms in total. The Morgan fingerprint density at radius 1 is 1.09 bits per heavy atom. The first-order chi connectivity index (χ1) is 16.1. The Kier molecular flexibility index (Phi) is 6.89. The molecule has 2 aromatic heterocycles. The number of nitrogens with zero attached hydrogens (tertiary/aromatic N) is 4. The number of ether oxygens (including phenoxy) is 2. The molecule has 0 bridgehead atoms. The van der Waals surface area contributed by atoms with Crippen molar-refractivity contribution in [2.45, 2.75) is 18.5 Å². The first-order valence-electron chi connectivity index (χ1n) is 10.2. The molecular formula is C22H22N6O4S. The number of anilines is 1. The van der Waals surface area contributed by atoms with E-state index in [0.29, 0.717) is 29.6 Å². The third-order valence-corrected chi connectivity index (χ3v) is 5.55. The molecule has 0 saturated heterocycles. The van der Waals surface area contributed by atoms with Crippen LogP contribution in [0.2, 0.25) is 0 Å². The van der Waals surface area contributed by atoms with Gasteiger partial charge in [0, 0.05) is 12.1 Å². The van der Waals surface area contributed by atoms with Gasteiger partial charge in [0.2, 0.25) is 11.1 Å². The van der Waals surface area contributed by atoms with E-state index in [1.54, 1.807) is 31.4 Å². The number of thioether (sulfide) groups is 1. The number of nitrogens with one attached hydrogen (secondary N) is 2. The molecule has 0 aliphatic heterocycles. The van der Waals surface area contributed by atoms with Crippen molar-refractivity contribution < 1.29 is 14.3 Å². The van der Waals surface area contributed by atoms with Crippen molar-refractivity contribution in [3.05, 3.63) is 70.1 Å². The maximum Gasteiger partial charge on any atom is 0.274 e. The predicted octanol–water partition coefficient (Wildman–Crippen LogP) is 2.54. The van der Waals surface area contributed by atoms with Crippen LogP contribution in [0.15, 0.2) is 58.5 Å². The summed E-state index contributed by atoms with van der Waals surface area (Å²) >= 11 is 1.17. The largest absolute Gasteiger partial charge is 0.497 e. The van der Waals surface area contributed by atoms with Crippen LogP contribution in [0.1, 0.15) is 18.2 Å². The van der Waals surface area contributed by atoms with E-state index < -0.39 is 0 Å². The second kappa shape index (κ2) is 10.2. The number of hydrogen-bond donors (Lipinski definition) is 2. The number of aromatic nitrogens is 5. The van der Waals surface area contributed by atoms with Crippen molar-refractivity contribution in [2.24, 2.45) is 0 Å². The summed E-state index contributed by atoms with van der Waals surface area (Å²) in [6.07, 6.45) is 0.329. The Labute approximate surface area is 193 Å². The van der Waals surface area contributed by atoms with Crippen molar-refractivity contribution in [3.8, 4) is 11.5 Å². The topological polar surface area (TPSA) is 124 Å². The van der Waals surface area contributed by atoms with Crippen molar-refractivity contribution >= 4 is 29.1 Å². The summed E-state index contributed by atoms with van der Waals surface area (Å²) in [7, 11) is 1.60. The molecule has 0 unspecified atom stereocenters. The van der Waals surface area contributed by atoms with Gasteiger partial charge in [-0.25, -0.2) is 0 Å². The fourth-order valence-corrected chi connectivity index (χ4v) is 3.72. The first-order valence-corrected chi connectivity index (χ1v) is 11.2. The monoisotopic (exact) mass is 466 g/mol. The quantitative estimate of drug-likeness (QED) is 0.361. The van der Waals surface area contributed by atoms with E-state index in [2.05, 4.69) is 25.6 Å². The minimum atomic E-state index is -0.337. The van der Waals surface area contributed by atoms with Crippen molar-refractivity contribution in [3.63, 3.8) is 0 Å². The SMILES string of the molecule is CCOc1ccc(NC(=O)CSc2nnc3[nH]c(=O)c(Cc4ccc(OC)cc4)nn23)cc1. The zero-order valence-corrected chi connectivity index (χ0v) is 18.9. The Bertz CT molecular complexity index is 1300. The van der Waals surface area contributed by atoms with Gasteiger partial charge in [0.05, 0.1) is 19.5 Å². The van der Waals surface area contributed by atoms with Gasteiger partial charge in [-0.15, -0.1) is 10.2 Å². The summed E-state index contributed by atoms with van der Waals surface area (Å²) in [6, 6.07) is 14.5. The minimum absolute atomic E-state index is 0.0998. The van der Waals surface area contributed by atoms with Gasteiger partial charge in [-0.1, -0.05) is 23.9 Å². The molecule has 0 aliphatic carbocycles. The van der Waals surface area contributed by atoms with E-state index in [-0.39, 0.29) is 23.0 Å². The van der Waals surface area contributed by atoms with Crippen molar-refractivity contribution in [1.29, 1.82) is 0 Å². The molecule has 0 saturated carbocycles. The molecule has 11 heteroatoms. The van der Waals surface area contributed by atoms with Crippen LogP contribution >= 0.6 is 11.8 Å². The summed E-state index contributed by atoms with van der Waals surface area (Å²) in [4.78, 5) is 27.4. The van der Waals surface area contributed by atoms with Crippen LogP contribution in [0.4, 0.5) is 5.69 Å². The second-order valence-electron chi connectivity index (χ2n) is 6.94. The number of fused-ring (bicyclic) bond motifs is 1. The van der Waals surface area contributed by atoms with Crippen LogP contribution in [0.3, 0.4) is 0 Å². The van der Waals surface area contributed by atoms with Gasteiger partial charge in [-0.05, 0) is 48.9 Å². The van der Waals surface area contributed by atoms with Gasteiger partial charge in [0.1, 0.15) is 17.2 Å². The average Bonchev–Trinajstić information content (AvgIpc) is 3.21. The average molecular weight is 467 g/mol. The number of rotatable bonds is 9. The van der Waals surface area contributed by atoms with Crippen LogP contribution < -0.4 is 20.3 Å². The predicted molar refractivity (Wildman–Crippen MR) is 124 cm³/mol. The van der Waals surface area contributed by atoms with E-state index in [9.17, 15) is 9.59 Å². The third kappa shape index (κ3) is 5.50. The molecular weight excluding hydrogens is 444 g/mol. The lowest BCUT2D eigenvalue weighted by Gasteiger charge is -2.07. The van der Waals surface area contributed by atoms with Crippen LogP contribution in [0.25, 0.3) is 5.78 Å². The Hall–Kier alpha value is -3.86. The molecule has 0 radical (unpaired) electrons. The highest BCUT2D eigenvalue weighted by molar-refractivity contribution is 7.99. The van der Waals surface area contributed by atoms with Gasteiger partial charge in [0.25, 0.3) is 11.3 Å². The van der Waals surface area contributed by atoms with E-state index in [0.717, 1.165) is 17.1 Å².